The number of rotatable bonds is 10. The van der Waals surface area contributed by atoms with Crippen LogP contribution < -0.4 is 20.5 Å². The van der Waals surface area contributed by atoms with Crippen LogP contribution in [-0.4, -0.2) is 41.8 Å². The number of ether oxygens (including phenoxy) is 1. The van der Waals surface area contributed by atoms with Crippen LogP contribution in [0.1, 0.15) is 71.8 Å². The number of benzene rings is 2. The van der Waals surface area contributed by atoms with Crippen molar-refractivity contribution in [3.05, 3.63) is 80.8 Å². The zero-order valence-electron chi connectivity index (χ0n) is 23.6. The number of pyridine rings is 1. The van der Waals surface area contributed by atoms with Crippen molar-refractivity contribution >= 4 is 11.6 Å². The van der Waals surface area contributed by atoms with Gasteiger partial charge in [0, 0.05) is 41.6 Å². The third-order valence-electron chi connectivity index (χ3n) is 7.76. The molecule has 0 saturated heterocycles. The van der Waals surface area contributed by atoms with Crippen molar-refractivity contribution in [2.24, 2.45) is 0 Å². The van der Waals surface area contributed by atoms with E-state index in [0.29, 0.717) is 22.9 Å². The van der Waals surface area contributed by atoms with E-state index in [2.05, 4.69) is 28.2 Å². The molecule has 1 aliphatic carbocycles. The van der Waals surface area contributed by atoms with E-state index in [9.17, 15) is 9.59 Å². The van der Waals surface area contributed by atoms with Crippen LogP contribution in [0, 0.1) is 20.8 Å². The Bertz CT molecular complexity index is 1340. The molecule has 0 aliphatic heterocycles. The van der Waals surface area contributed by atoms with Gasteiger partial charge in [-0.3, -0.25) is 9.59 Å². The highest BCUT2D eigenvalue weighted by Crippen LogP contribution is 2.35. The first kappa shape index (κ1) is 28.4. The van der Waals surface area contributed by atoms with Gasteiger partial charge < -0.3 is 25.0 Å². The number of aliphatic hydroxyl groups excluding tert-OH is 1. The van der Waals surface area contributed by atoms with E-state index in [-0.39, 0.29) is 31.2 Å². The van der Waals surface area contributed by atoms with Gasteiger partial charge in [-0.05, 0) is 93.1 Å². The third-order valence-corrected chi connectivity index (χ3v) is 7.76. The molecule has 3 N–H and O–H groups in total. The Morgan fingerprint density at radius 2 is 1.77 bits per heavy atom. The van der Waals surface area contributed by atoms with Crippen molar-refractivity contribution in [2.45, 2.75) is 72.4 Å². The second-order valence-electron chi connectivity index (χ2n) is 10.5. The number of anilines is 1. The molecule has 1 heterocycles. The molecule has 4 rings (SSSR count). The van der Waals surface area contributed by atoms with Crippen molar-refractivity contribution < 1.29 is 14.6 Å². The zero-order valence-corrected chi connectivity index (χ0v) is 23.6. The average molecular weight is 532 g/mol. The first-order valence-electron chi connectivity index (χ1n) is 14.0. The molecule has 1 saturated carbocycles. The summed E-state index contributed by atoms with van der Waals surface area (Å²) in [6.07, 6.45) is 6.06. The van der Waals surface area contributed by atoms with Gasteiger partial charge in [0.2, 0.25) is 0 Å². The fourth-order valence-corrected chi connectivity index (χ4v) is 5.69. The van der Waals surface area contributed by atoms with E-state index >= 15 is 0 Å². The number of hydrogen-bond donors (Lipinski definition) is 3. The summed E-state index contributed by atoms with van der Waals surface area (Å²) in [5.74, 6) is 0.492. The van der Waals surface area contributed by atoms with E-state index in [0.717, 1.165) is 53.0 Å². The number of aliphatic hydroxyl groups is 1. The zero-order chi connectivity index (χ0) is 27.9. The van der Waals surface area contributed by atoms with Gasteiger partial charge in [0.1, 0.15) is 12.4 Å². The van der Waals surface area contributed by atoms with Gasteiger partial charge >= 0.3 is 0 Å². The molecular formula is C32H41N3O4. The van der Waals surface area contributed by atoms with Crippen molar-refractivity contribution in [1.82, 2.24) is 10.3 Å². The number of hydrogen-bond acceptors (Lipinski definition) is 5. The highest BCUT2D eigenvalue weighted by Gasteiger charge is 2.24. The van der Waals surface area contributed by atoms with Crippen molar-refractivity contribution in [2.75, 3.05) is 24.7 Å². The molecule has 208 valence electrons. The quantitative estimate of drug-likeness (QED) is 0.324. The molecule has 0 bridgehead atoms. The van der Waals surface area contributed by atoms with Crippen LogP contribution >= 0.6 is 0 Å². The first-order valence-corrected chi connectivity index (χ1v) is 14.0. The Hall–Kier alpha value is -3.58. The predicted octanol–water partition coefficient (Wildman–Crippen LogP) is 5.43. The van der Waals surface area contributed by atoms with Crippen molar-refractivity contribution in [1.29, 1.82) is 0 Å². The minimum atomic E-state index is -0.197. The lowest BCUT2D eigenvalue weighted by Gasteiger charge is -2.37. The van der Waals surface area contributed by atoms with E-state index in [1.165, 1.54) is 19.3 Å². The standard InChI is InChI=1S/C32H41N3O4/c1-5-35(26-9-7-6-8-10-26)30-19-25(24-11-13-27(14-12-24)39-16-15-36)18-28(23(30)4)31(37)33-20-29-21(2)17-22(3)34-32(29)38/h11-14,17-19,26,36H,5-10,15-16,20H2,1-4H3,(H,33,37)(H,34,38). The fraction of sp³-hybridized carbons (Fsp3) is 0.438. The maximum Gasteiger partial charge on any atom is 0.253 e. The van der Waals surface area contributed by atoms with Crippen LogP contribution in [-0.2, 0) is 6.54 Å². The lowest BCUT2D eigenvalue weighted by Crippen LogP contribution is -2.37. The molecule has 1 aromatic heterocycles. The number of aromatic nitrogens is 1. The molecule has 39 heavy (non-hydrogen) atoms. The highest BCUT2D eigenvalue weighted by atomic mass is 16.5. The van der Waals surface area contributed by atoms with Gasteiger partial charge in [0.05, 0.1) is 6.61 Å². The summed E-state index contributed by atoms with van der Waals surface area (Å²) in [4.78, 5) is 31.5. The molecule has 7 nitrogen and oxygen atoms in total. The largest absolute Gasteiger partial charge is 0.491 e. The van der Waals surface area contributed by atoms with Crippen molar-refractivity contribution in [3.8, 4) is 16.9 Å². The number of nitrogens with one attached hydrogen (secondary N) is 2. The summed E-state index contributed by atoms with van der Waals surface area (Å²) < 4.78 is 5.54. The van der Waals surface area contributed by atoms with Crippen molar-refractivity contribution in [3.63, 3.8) is 0 Å². The van der Waals surface area contributed by atoms with Gasteiger partial charge in [-0.1, -0.05) is 31.4 Å². The number of H-pyrrole nitrogens is 1. The molecular weight excluding hydrogens is 490 g/mol. The number of carbonyl (C=O) groups excluding carboxylic acids is 1. The predicted molar refractivity (Wildman–Crippen MR) is 157 cm³/mol. The van der Waals surface area contributed by atoms with Gasteiger partial charge in [0.15, 0.2) is 0 Å². The van der Waals surface area contributed by atoms with Crippen LogP contribution in [0.4, 0.5) is 5.69 Å². The van der Waals surface area contributed by atoms with Gasteiger partial charge in [-0.25, -0.2) is 0 Å². The number of nitrogens with zero attached hydrogens (tertiary/aromatic N) is 1. The highest BCUT2D eigenvalue weighted by molar-refractivity contribution is 5.99. The van der Waals surface area contributed by atoms with Gasteiger partial charge in [0.25, 0.3) is 11.5 Å². The summed E-state index contributed by atoms with van der Waals surface area (Å²) in [6, 6.07) is 14.2. The number of amides is 1. The molecule has 0 spiro atoms. The van der Waals surface area contributed by atoms with Crippen LogP contribution in [0.3, 0.4) is 0 Å². The number of aryl methyl sites for hydroxylation is 2. The third kappa shape index (κ3) is 6.71. The van der Waals surface area contributed by atoms with Crippen LogP contribution in [0.5, 0.6) is 5.75 Å². The summed E-state index contributed by atoms with van der Waals surface area (Å²) in [7, 11) is 0. The maximum atomic E-state index is 13.6. The van der Waals surface area contributed by atoms with Crippen LogP contribution in [0.2, 0.25) is 0 Å². The molecule has 0 atom stereocenters. The minimum absolute atomic E-state index is 0.0381. The number of aromatic amines is 1. The first-order chi connectivity index (χ1) is 18.8. The smallest absolute Gasteiger partial charge is 0.253 e. The second-order valence-corrected chi connectivity index (χ2v) is 10.5. The molecule has 1 amide bonds. The molecule has 3 aromatic rings. The molecule has 0 unspecified atom stereocenters. The Morgan fingerprint density at radius 3 is 2.41 bits per heavy atom. The minimum Gasteiger partial charge on any atom is -0.491 e. The lowest BCUT2D eigenvalue weighted by atomic mass is 9.91. The monoisotopic (exact) mass is 531 g/mol. The molecule has 2 aromatic carbocycles. The van der Waals surface area contributed by atoms with E-state index < -0.39 is 0 Å². The maximum absolute atomic E-state index is 13.6. The normalized spacial score (nSPS) is 13.8. The Morgan fingerprint density at radius 1 is 1.05 bits per heavy atom. The topological polar surface area (TPSA) is 94.7 Å². The van der Waals surface area contributed by atoms with Crippen LogP contribution in [0.25, 0.3) is 11.1 Å². The summed E-state index contributed by atoms with van der Waals surface area (Å²) >= 11 is 0. The molecule has 1 fully saturated rings. The SMILES string of the molecule is CCN(c1cc(-c2ccc(OCCO)cc2)cc(C(=O)NCc2c(C)cc(C)[nH]c2=O)c1C)C1CCCCC1. The van der Waals surface area contributed by atoms with Gasteiger partial charge in [-0.15, -0.1) is 0 Å². The van der Waals surface area contributed by atoms with E-state index in [4.69, 9.17) is 9.84 Å². The molecule has 7 heteroatoms. The molecule has 1 aliphatic rings. The average Bonchev–Trinajstić information content (AvgIpc) is 2.93. The van der Waals surface area contributed by atoms with Crippen LogP contribution in [0.15, 0.2) is 47.3 Å². The fourth-order valence-electron chi connectivity index (χ4n) is 5.69. The number of carbonyl (C=O) groups is 1. The molecule has 0 radical (unpaired) electrons. The Balaban J connectivity index is 1.71. The lowest BCUT2D eigenvalue weighted by molar-refractivity contribution is 0.0950. The second kappa shape index (κ2) is 13.0. The summed E-state index contributed by atoms with van der Waals surface area (Å²) in [6.45, 7) is 9.18. The van der Waals surface area contributed by atoms with E-state index in [1.54, 1.807) is 0 Å². The summed E-state index contributed by atoms with van der Waals surface area (Å²) in [5, 5.41) is 12.1. The van der Waals surface area contributed by atoms with E-state index in [1.807, 2.05) is 57.2 Å². The van der Waals surface area contributed by atoms with Gasteiger partial charge in [-0.2, -0.15) is 0 Å². The Kier molecular flexibility index (Phi) is 9.46. The Labute approximate surface area is 231 Å². The summed E-state index contributed by atoms with van der Waals surface area (Å²) in [5.41, 5.74) is 6.63.